The van der Waals surface area contributed by atoms with Crippen LogP contribution in [-0.2, 0) is 0 Å². The van der Waals surface area contributed by atoms with Gasteiger partial charge in [0.2, 0.25) is 0 Å². The number of nitrogens with zero attached hydrogens (tertiary/aromatic N) is 2. The smallest absolute Gasteiger partial charge is 0.192 e. The standard InChI is InChI=1S/C16H20ClN3S/c1-5-18-12(4)14-7-6-13(9-15(14)17)21-16-19-10(2)8-11(3)20-16/h6-9,12,18H,5H2,1-4H3. The van der Waals surface area contributed by atoms with Crippen LogP contribution in [0.4, 0.5) is 0 Å². The maximum atomic E-state index is 6.39. The Labute approximate surface area is 135 Å². The number of hydrogen-bond acceptors (Lipinski definition) is 4. The summed E-state index contributed by atoms with van der Waals surface area (Å²) in [6, 6.07) is 8.34. The van der Waals surface area contributed by atoms with Crippen LogP contribution in [0.15, 0.2) is 34.3 Å². The van der Waals surface area contributed by atoms with E-state index in [4.69, 9.17) is 11.6 Å². The summed E-state index contributed by atoms with van der Waals surface area (Å²) in [5.74, 6) is 0. The molecule has 0 aliphatic rings. The molecule has 0 amide bonds. The number of aryl methyl sites for hydroxylation is 2. The van der Waals surface area contributed by atoms with Gasteiger partial charge in [0.15, 0.2) is 5.16 Å². The molecule has 0 aliphatic carbocycles. The van der Waals surface area contributed by atoms with Gasteiger partial charge in [0.1, 0.15) is 0 Å². The number of halogens is 1. The summed E-state index contributed by atoms with van der Waals surface area (Å²) in [7, 11) is 0. The second-order valence-electron chi connectivity index (χ2n) is 5.00. The van der Waals surface area contributed by atoms with Gasteiger partial charge < -0.3 is 5.32 Å². The van der Waals surface area contributed by atoms with Crippen molar-refractivity contribution in [3.63, 3.8) is 0 Å². The topological polar surface area (TPSA) is 37.8 Å². The third kappa shape index (κ3) is 4.43. The Morgan fingerprint density at radius 3 is 2.43 bits per heavy atom. The third-order valence-electron chi connectivity index (χ3n) is 3.12. The van der Waals surface area contributed by atoms with Crippen LogP contribution in [0, 0.1) is 13.8 Å². The Morgan fingerprint density at radius 2 is 1.86 bits per heavy atom. The monoisotopic (exact) mass is 321 g/mol. The van der Waals surface area contributed by atoms with Crippen LogP contribution in [0.25, 0.3) is 0 Å². The van der Waals surface area contributed by atoms with E-state index in [1.807, 2.05) is 26.0 Å². The minimum atomic E-state index is 0.249. The fourth-order valence-corrected chi connectivity index (χ4v) is 3.50. The Kier molecular flexibility index (Phi) is 5.62. The summed E-state index contributed by atoms with van der Waals surface area (Å²) in [5, 5.41) is 4.91. The molecular formula is C16H20ClN3S. The van der Waals surface area contributed by atoms with E-state index in [2.05, 4.69) is 41.3 Å². The van der Waals surface area contributed by atoms with Gasteiger partial charge in [-0.25, -0.2) is 9.97 Å². The maximum absolute atomic E-state index is 6.39. The van der Waals surface area contributed by atoms with Crippen LogP contribution in [0.3, 0.4) is 0 Å². The number of hydrogen-bond donors (Lipinski definition) is 1. The number of rotatable bonds is 5. The molecule has 2 aromatic rings. The zero-order chi connectivity index (χ0) is 15.4. The summed E-state index contributed by atoms with van der Waals surface area (Å²) in [5.41, 5.74) is 3.08. The molecule has 1 N–H and O–H groups in total. The van der Waals surface area contributed by atoms with Gasteiger partial charge in [0.05, 0.1) is 0 Å². The van der Waals surface area contributed by atoms with E-state index in [1.54, 1.807) is 0 Å². The van der Waals surface area contributed by atoms with Crippen LogP contribution < -0.4 is 5.32 Å². The van der Waals surface area contributed by atoms with E-state index in [9.17, 15) is 0 Å². The van der Waals surface area contributed by atoms with Gasteiger partial charge in [-0.05, 0) is 62.8 Å². The molecule has 1 aromatic carbocycles. The fourth-order valence-electron chi connectivity index (χ4n) is 2.18. The molecular weight excluding hydrogens is 302 g/mol. The van der Waals surface area contributed by atoms with Gasteiger partial charge in [0.25, 0.3) is 0 Å². The predicted molar refractivity (Wildman–Crippen MR) is 89.2 cm³/mol. The molecule has 0 saturated carbocycles. The van der Waals surface area contributed by atoms with Crippen LogP contribution in [0.5, 0.6) is 0 Å². The highest BCUT2D eigenvalue weighted by Gasteiger charge is 2.10. The molecule has 112 valence electrons. The SMILES string of the molecule is CCNC(C)c1ccc(Sc2nc(C)cc(C)n2)cc1Cl. The summed E-state index contributed by atoms with van der Waals surface area (Å²) in [4.78, 5) is 9.94. The van der Waals surface area contributed by atoms with Crippen molar-refractivity contribution in [3.8, 4) is 0 Å². The van der Waals surface area contributed by atoms with Crippen molar-refractivity contribution in [3.05, 3.63) is 46.2 Å². The first-order chi connectivity index (χ1) is 9.99. The average molecular weight is 322 g/mol. The van der Waals surface area contributed by atoms with Gasteiger partial charge in [-0.1, -0.05) is 24.6 Å². The second-order valence-corrected chi connectivity index (χ2v) is 6.45. The van der Waals surface area contributed by atoms with Crippen LogP contribution >= 0.6 is 23.4 Å². The van der Waals surface area contributed by atoms with E-state index in [1.165, 1.54) is 11.8 Å². The number of benzene rings is 1. The summed E-state index contributed by atoms with van der Waals surface area (Å²) >= 11 is 7.93. The molecule has 5 heteroatoms. The van der Waals surface area contributed by atoms with Crippen molar-refractivity contribution >= 4 is 23.4 Å². The Bertz CT molecular complexity index is 611. The Balaban J connectivity index is 2.20. The highest BCUT2D eigenvalue weighted by atomic mass is 35.5. The van der Waals surface area contributed by atoms with Crippen molar-refractivity contribution in [2.75, 3.05) is 6.54 Å². The minimum absolute atomic E-state index is 0.249. The van der Waals surface area contributed by atoms with Crippen LogP contribution in [0.2, 0.25) is 5.02 Å². The van der Waals surface area contributed by atoms with E-state index in [0.29, 0.717) is 0 Å². The minimum Gasteiger partial charge on any atom is -0.310 e. The lowest BCUT2D eigenvalue weighted by atomic mass is 10.1. The molecule has 21 heavy (non-hydrogen) atoms. The molecule has 2 rings (SSSR count). The zero-order valence-electron chi connectivity index (χ0n) is 12.8. The molecule has 0 spiro atoms. The van der Waals surface area contributed by atoms with Gasteiger partial charge in [0, 0.05) is 27.3 Å². The molecule has 1 unspecified atom stereocenters. The Morgan fingerprint density at radius 1 is 1.19 bits per heavy atom. The quantitative estimate of drug-likeness (QED) is 0.819. The normalized spacial score (nSPS) is 12.4. The van der Waals surface area contributed by atoms with Crippen molar-refractivity contribution in [2.24, 2.45) is 0 Å². The van der Waals surface area contributed by atoms with Crippen molar-refractivity contribution in [2.45, 2.75) is 43.8 Å². The van der Waals surface area contributed by atoms with Gasteiger partial charge >= 0.3 is 0 Å². The molecule has 3 nitrogen and oxygen atoms in total. The van der Waals surface area contributed by atoms with Crippen molar-refractivity contribution < 1.29 is 0 Å². The summed E-state index contributed by atoms with van der Waals surface area (Å²) in [6.45, 7) is 9.08. The molecule has 0 saturated heterocycles. The predicted octanol–water partition coefficient (Wildman–Crippen LogP) is 4.57. The lowest BCUT2D eigenvalue weighted by Gasteiger charge is -2.15. The van der Waals surface area contributed by atoms with Crippen LogP contribution in [-0.4, -0.2) is 16.5 Å². The number of nitrogens with one attached hydrogen (secondary N) is 1. The van der Waals surface area contributed by atoms with E-state index in [-0.39, 0.29) is 6.04 Å². The third-order valence-corrected chi connectivity index (χ3v) is 4.30. The largest absolute Gasteiger partial charge is 0.310 e. The average Bonchev–Trinajstić information content (AvgIpc) is 2.37. The first-order valence-corrected chi connectivity index (χ1v) is 8.22. The van der Waals surface area contributed by atoms with Crippen LogP contribution in [0.1, 0.15) is 36.8 Å². The van der Waals surface area contributed by atoms with Gasteiger partial charge in [-0.3, -0.25) is 0 Å². The number of aromatic nitrogens is 2. The fraction of sp³-hybridized carbons (Fsp3) is 0.375. The first-order valence-electron chi connectivity index (χ1n) is 7.02. The van der Waals surface area contributed by atoms with E-state index < -0.39 is 0 Å². The molecule has 1 aromatic heterocycles. The maximum Gasteiger partial charge on any atom is 0.192 e. The summed E-state index contributed by atoms with van der Waals surface area (Å²) in [6.07, 6.45) is 0. The van der Waals surface area contributed by atoms with Gasteiger partial charge in [-0.2, -0.15) is 0 Å². The molecule has 0 fully saturated rings. The first kappa shape index (κ1) is 16.3. The highest BCUT2D eigenvalue weighted by Crippen LogP contribution is 2.31. The molecule has 1 atom stereocenters. The van der Waals surface area contributed by atoms with E-state index >= 15 is 0 Å². The summed E-state index contributed by atoms with van der Waals surface area (Å²) < 4.78 is 0. The van der Waals surface area contributed by atoms with Crippen molar-refractivity contribution in [1.29, 1.82) is 0 Å². The molecule has 0 radical (unpaired) electrons. The second kappa shape index (κ2) is 7.25. The molecule has 1 heterocycles. The molecule has 0 bridgehead atoms. The highest BCUT2D eigenvalue weighted by molar-refractivity contribution is 7.99. The lowest BCUT2D eigenvalue weighted by Crippen LogP contribution is -2.17. The van der Waals surface area contributed by atoms with E-state index in [0.717, 1.165) is 38.6 Å². The zero-order valence-corrected chi connectivity index (χ0v) is 14.3. The lowest BCUT2D eigenvalue weighted by molar-refractivity contribution is 0.598. The van der Waals surface area contributed by atoms with Crippen molar-refractivity contribution in [1.82, 2.24) is 15.3 Å². The molecule has 0 aliphatic heterocycles. The van der Waals surface area contributed by atoms with Gasteiger partial charge in [-0.15, -0.1) is 0 Å². The Hall–Kier alpha value is -1.10.